The fourth-order valence-corrected chi connectivity index (χ4v) is 4.04. The lowest BCUT2D eigenvalue weighted by Crippen LogP contribution is -2.36. The van der Waals surface area contributed by atoms with Crippen LogP contribution in [0.25, 0.3) is 11.4 Å². The van der Waals surface area contributed by atoms with Gasteiger partial charge in [0.15, 0.2) is 5.82 Å². The third-order valence-electron chi connectivity index (χ3n) is 5.74. The van der Waals surface area contributed by atoms with E-state index in [1.54, 1.807) is 0 Å². The number of rotatable bonds is 4. The number of anilines is 1. The van der Waals surface area contributed by atoms with Gasteiger partial charge >= 0.3 is 0 Å². The van der Waals surface area contributed by atoms with E-state index in [1.807, 2.05) is 12.3 Å². The summed E-state index contributed by atoms with van der Waals surface area (Å²) in [6.45, 7) is 6.38. The first-order valence-electron chi connectivity index (χ1n) is 9.81. The molecule has 2 aliphatic rings. The summed E-state index contributed by atoms with van der Waals surface area (Å²) in [6, 6.07) is 11.1. The molecule has 2 aliphatic heterocycles. The van der Waals surface area contributed by atoms with Gasteiger partial charge in [-0.2, -0.15) is 0 Å². The molecule has 138 valence electrons. The summed E-state index contributed by atoms with van der Waals surface area (Å²) in [4.78, 5) is 14.1. The summed E-state index contributed by atoms with van der Waals surface area (Å²) in [5.41, 5.74) is 2.41. The Balaban J connectivity index is 1.55. The Morgan fingerprint density at radius 1 is 1.08 bits per heavy atom. The van der Waals surface area contributed by atoms with Gasteiger partial charge in [-0.05, 0) is 63.4 Å². The predicted octanol–water partition coefficient (Wildman–Crippen LogP) is 3.26. The molecule has 2 saturated heterocycles. The van der Waals surface area contributed by atoms with Crippen LogP contribution in [0, 0.1) is 0 Å². The van der Waals surface area contributed by atoms with Crippen LogP contribution in [0.5, 0.6) is 0 Å². The Morgan fingerprint density at radius 3 is 2.62 bits per heavy atom. The largest absolute Gasteiger partial charge is 0.393 e. The van der Waals surface area contributed by atoms with Crippen LogP contribution in [-0.2, 0) is 0 Å². The normalized spacial score (nSPS) is 20.5. The number of nitrogens with zero attached hydrogens (tertiary/aromatic N) is 4. The Morgan fingerprint density at radius 2 is 1.85 bits per heavy atom. The van der Waals surface area contributed by atoms with Crippen LogP contribution in [0.15, 0.2) is 36.5 Å². The van der Waals surface area contributed by atoms with Crippen LogP contribution in [0.2, 0.25) is 0 Å². The van der Waals surface area contributed by atoms with E-state index in [0.29, 0.717) is 6.04 Å². The number of aliphatic hydroxyl groups is 1. The molecule has 0 bridgehead atoms. The second-order valence-corrected chi connectivity index (χ2v) is 7.50. The van der Waals surface area contributed by atoms with Crippen molar-refractivity contribution in [2.45, 2.75) is 44.8 Å². The van der Waals surface area contributed by atoms with Gasteiger partial charge in [-0.3, -0.25) is 4.90 Å². The van der Waals surface area contributed by atoms with E-state index in [1.165, 1.54) is 31.5 Å². The number of benzene rings is 1. The zero-order chi connectivity index (χ0) is 17.9. The molecule has 0 amide bonds. The van der Waals surface area contributed by atoms with Crippen molar-refractivity contribution in [1.29, 1.82) is 0 Å². The van der Waals surface area contributed by atoms with Crippen molar-refractivity contribution in [3.8, 4) is 11.4 Å². The topological polar surface area (TPSA) is 52.5 Å². The first kappa shape index (κ1) is 17.4. The van der Waals surface area contributed by atoms with Crippen molar-refractivity contribution < 1.29 is 5.11 Å². The standard InChI is InChI=1S/C21H28N4O/c1-16(24-11-2-3-12-24)17-5-4-6-18(15-17)21-22-10-7-20(23-21)25-13-8-19(26)9-14-25/h4-7,10,15-16,19,26H,2-3,8-9,11-14H2,1H3/t16-/m1/s1. The molecule has 5 heteroatoms. The number of hydrogen-bond acceptors (Lipinski definition) is 5. The van der Waals surface area contributed by atoms with Crippen LogP contribution in [0.4, 0.5) is 5.82 Å². The summed E-state index contributed by atoms with van der Waals surface area (Å²) in [7, 11) is 0. The first-order valence-corrected chi connectivity index (χ1v) is 9.81. The van der Waals surface area contributed by atoms with Crippen LogP contribution >= 0.6 is 0 Å². The summed E-state index contributed by atoms with van der Waals surface area (Å²) in [5, 5.41) is 9.72. The lowest BCUT2D eigenvalue weighted by Gasteiger charge is -2.30. The van der Waals surface area contributed by atoms with E-state index in [2.05, 4.69) is 46.0 Å². The molecule has 0 unspecified atom stereocenters. The summed E-state index contributed by atoms with van der Waals surface area (Å²) in [6.07, 6.45) is 5.90. The van der Waals surface area contributed by atoms with Crippen molar-refractivity contribution in [2.75, 3.05) is 31.1 Å². The number of aromatic nitrogens is 2. The summed E-state index contributed by atoms with van der Waals surface area (Å²) in [5.74, 6) is 1.74. The zero-order valence-electron chi connectivity index (χ0n) is 15.5. The fourth-order valence-electron chi connectivity index (χ4n) is 4.04. The van der Waals surface area contributed by atoms with Crippen molar-refractivity contribution in [3.05, 3.63) is 42.1 Å². The van der Waals surface area contributed by atoms with E-state index in [4.69, 9.17) is 4.98 Å². The van der Waals surface area contributed by atoms with Gasteiger partial charge in [0, 0.05) is 30.9 Å². The molecule has 0 aliphatic carbocycles. The fraction of sp³-hybridized carbons (Fsp3) is 0.524. The predicted molar refractivity (Wildman–Crippen MR) is 104 cm³/mol. The second-order valence-electron chi connectivity index (χ2n) is 7.50. The summed E-state index contributed by atoms with van der Waals surface area (Å²) >= 11 is 0. The van der Waals surface area contributed by atoms with Gasteiger partial charge < -0.3 is 10.0 Å². The van der Waals surface area contributed by atoms with Gasteiger partial charge in [0.2, 0.25) is 0 Å². The molecule has 5 nitrogen and oxygen atoms in total. The average Bonchev–Trinajstić information content (AvgIpc) is 3.23. The maximum atomic E-state index is 9.72. The Kier molecular flexibility index (Phi) is 5.18. The highest BCUT2D eigenvalue weighted by atomic mass is 16.3. The number of hydrogen-bond donors (Lipinski definition) is 1. The van der Waals surface area contributed by atoms with Crippen molar-refractivity contribution in [1.82, 2.24) is 14.9 Å². The monoisotopic (exact) mass is 352 g/mol. The minimum absolute atomic E-state index is 0.170. The van der Waals surface area contributed by atoms with Crippen LogP contribution < -0.4 is 4.90 Å². The molecule has 26 heavy (non-hydrogen) atoms. The molecule has 2 aromatic rings. The Labute approximate surface area is 155 Å². The van der Waals surface area contributed by atoms with Gasteiger partial charge in [-0.15, -0.1) is 0 Å². The molecule has 2 fully saturated rings. The van der Waals surface area contributed by atoms with Gasteiger partial charge in [0.05, 0.1) is 6.10 Å². The highest BCUT2D eigenvalue weighted by Gasteiger charge is 2.21. The van der Waals surface area contributed by atoms with E-state index in [0.717, 1.165) is 43.1 Å². The molecule has 1 N–H and O–H groups in total. The van der Waals surface area contributed by atoms with E-state index < -0.39 is 0 Å². The van der Waals surface area contributed by atoms with E-state index >= 15 is 0 Å². The first-order chi connectivity index (χ1) is 12.7. The molecule has 1 atom stereocenters. The minimum Gasteiger partial charge on any atom is -0.393 e. The van der Waals surface area contributed by atoms with Gasteiger partial charge in [-0.25, -0.2) is 9.97 Å². The van der Waals surface area contributed by atoms with Crippen molar-refractivity contribution in [3.63, 3.8) is 0 Å². The Hall–Kier alpha value is -1.98. The van der Waals surface area contributed by atoms with Crippen LogP contribution in [-0.4, -0.2) is 52.3 Å². The second kappa shape index (κ2) is 7.72. The highest BCUT2D eigenvalue weighted by Crippen LogP contribution is 2.28. The lowest BCUT2D eigenvalue weighted by molar-refractivity contribution is 0.145. The molecule has 0 radical (unpaired) electrons. The van der Waals surface area contributed by atoms with Crippen LogP contribution in [0.3, 0.4) is 0 Å². The number of likely N-dealkylation sites (tertiary alicyclic amines) is 1. The Bertz CT molecular complexity index is 736. The molecule has 1 aromatic heterocycles. The molecular formula is C21H28N4O. The smallest absolute Gasteiger partial charge is 0.161 e. The quantitative estimate of drug-likeness (QED) is 0.915. The van der Waals surface area contributed by atoms with Gasteiger partial charge in [-0.1, -0.05) is 18.2 Å². The molecule has 3 heterocycles. The maximum absolute atomic E-state index is 9.72. The molecule has 4 rings (SSSR count). The number of piperidine rings is 1. The third kappa shape index (κ3) is 3.74. The molecule has 0 saturated carbocycles. The highest BCUT2D eigenvalue weighted by molar-refractivity contribution is 5.58. The summed E-state index contributed by atoms with van der Waals surface area (Å²) < 4.78 is 0. The van der Waals surface area contributed by atoms with Crippen LogP contribution in [0.1, 0.15) is 44.2 Å². The minimum atomic E-state index is -0.170. The van der Waals surface area contributed by atoms with Crippen molar-refractivity contribution >= 4 is 5.82 Å². The van der Waals surface area contributed by atoms with Crippen molar-refractivity contribution in [2.24, 2.45) is 0 Å². The third-order valence-corrected chi connectivity index (χ3v) is 5.74. The SMILES string of the molecule is C[C@H](c1cccc(-c2nccc(N3CCC(O)CC3)n2)c1)N1CCCC1. The zero-order valence-corrected chi connectivity index (χ0v) is 15.5. The molecule has 0 spiro atoms. The average molecular weight is 352 g/mol. The van der Waals surface area contributed by atoms with E-state index in [9.17, 15) is 5.11 Å². The van der Waals surface area contributed by atoms with E-state index in [-0.39, 0.29) is 6.10 Å². The molecule has 1 aromatic carbocycles. The van der Waals surface area contributed by atoms with Gasteiger partial charge in [0.1, 0.15) is 5.82 Å². The lowest BCUT2D eigenvalue weighted by atomic mass is 10.0. The van der Waals surface area contributed by atoms with Gasteiger partial charge in [0.25, 0.3) is 0 Å². The molecular weight excluding hydrogens is 324 g/mol. The number of aliphatic hydroxyl groups excluding tert-OH is 1. The maximum Gasteiger partial charge on any atom is 0.161 e.